The maximum atomic E-state index is 13.9. The lowest BCUT2D eigenvalue weighted by molar-refractivity contribution is -0.140. The predicted molar refractivity (Wildman–Crippen MR) is 307 cm³/mol. The topological polar surface area (TPSA) is 365 Å². The van der Waals surface area contributed by atoms with Crippen molar-refractivity contribution in [3.05, 3.63) is 69.7 Å². The largest absolute Gasteiger partial charge is 0.481 e. The third kappa shape index (κ3) is 31.8. The summed E-state index contributed by atoms with van der Waals surface area (Å²) >= 11 is 3.42. The maximum Gasteiger partial charge on any atom is 0.326 e. The van der Waals surface area contributed by atoms with Crippen molar-refractivity contribution in [2.75, 3.05) is 98.2 Å². The number of hydrogen-bond acceptors (Lipinski definition) is 15. The van der Waals surface area contributed by atoms with Crippen LogP contribution >= 0.6 is 15.9 Å². The fourth-order valence-electron chi connectivity index (χ4n) is 8.97. The molecule has 3 rings (SSSR count). The van der Waals surface area contributed by atoms with E-state index in [1.807, 2.05) is 29.2 Å². The van der Waals surface area contributed by atoms with Gasteiger partial charge in [0.25, 0.3) is 5.91 Å². The number of aliphatic carboxylic acids is 5. The molecule has 1 heterocycles. The Morgan fingerprint density at radius 3 is 1.46 bits per heavy atom. The number of carbonyl (C=O) groups is 11. The third-order valence-corrected chi connectivity index (χ3v) is 14.2. The van der Waals surface area contributed by atoms with Crippen molar-refractivity contribution in [2.24, 2.45) is 0 Å². The first-order valence-electron chi connectivity index (χ1n) is 28.1. The standard InChI is InChI=1S/C56H83BrN10O16/c1-40(68)45(21-22-50(72)73)61-56(83)62-46(55(81)82)10-6-9-25-67(35-42-15-19-44(57)20-16-42)54(80)43-17-13-41(14-18-43)34-60-48(70)12-5-8-24-58-47(69)11-4-2-3-7-23-59-49(71)36-63-26-28-64(37-51(74)75)30-32-66(39-53(78)79)33-31-65(29-27-63)38-52(76)77/h13-20,45-46H,2-12,21-39H2,1H3,(H,58,69)(H,59,71)(H,60,70)(H,72,73)(H,74,75)(H,76,77)(H,78,79)(H,81,82)(H2,61,62,83)/t45-,46-/m1/s1. The first-order chi connectivity index (χ1) is 39.6. The number of Topliss-reactive ketones (excluding diaryl/α,β-unsaturated/α-hetero) is 1. The zero-order chi connectivity index (χ0) is 61.1. The number of carboxylic acids is 5. The second-order valence-corrected chi connectivity index (χ2v) is 21.4. The van der Waals surface area contributed by atoms with Crippen molar-refractivity contribution in [1.29, 1.82) is 0 Å². The van der Waals surface area contributed by atoms with Crippen LogP contribution in [0.3, 0.4) is 0 Å². The number of carbonyl (C=O) groups excluding carboxylic acids is 6. The van der Waals surface area contributed by atoms with Crippen molar-refractivity contribution in [2.45, 2.75) is 116 Å². The van der Waals surface area contributed by atoms with E-state index >= 15 is 0 Å². The highest BCUT2D eigenvalue weighted by Crippen LogP contribution is 2.17. The van der Waals surface area contributed by atoms with E-state index in [1.165, 1.54) is 6.92 Å². The Morgan fingerprint density at radius 2 is 0.952 bits per heavy atom. The van der Waals surface area contributed by atoms with Crippen LogP contribution < -0.4 is 26.6 Å². The Morgan fingerprint density at radius 1 is 0.494 bits per heavy atom. The Labute approximate surface area is 492 Å². The van der Waals surface area contributed by atoms with Gasteiger partial charge >= 0.3 is 35.9 Å². The van der Waals surface area contributed by atoms with Crippen LogP contribution in [0.2, 0.25) is 0 Å². The van der Waals surface area contributed by atoms with Gasteiger partial charge < -0.3 is 57.0 Å². The highest BCUT2D eigenvalue weighted by molar-refractivity contribution is 9.10. The Balaban J connectivity index is 1.34. The van der Waals surface area contributed by atoms with Gasteiger partial charge in [0.15, 0.2) is 5.78 Å². The molecule has 83 heavy (non-hydrogen) atoms. The monoisotopic (exact) mass is 1230 g/mol. The molecule has 6 amide bonds. The molecule has 2 aromatic carbocycles. The molecule has 0 spiro atoms. The number of ketones is 1. The van der Waals surface area contributed by atoms with Crippen LogP contribution in [0.1, 0.15) is 112 Å². The van der Waals surface area contributed by atoms with E-state index in [2.05, 4.69) is 42.5 Å². The summed E-state index contributed by atoms with van der Waals surface area (Å²) in [4.78, 5) is 143. The van der Waals surface area contributed by atoms with Gasteiger partial charge in [-0.15, -0.1) is 0 Å². The smallest absolute Gasteiger partial charge is 0.326 e. The average Bonchev–Trinajstić information content (AvgIpc) is 3.51. The molecule has 1 aliphatic rings. The summed E-state index contributed by atoms with van der Waals surface area (Å²) in [6.45, 7) is 4.49. The molecule has 2 aromatic rings. The summed E-state index contributed by atoms with van der Waals surface area (Å²) in [5.41, 5.74) is 2.04. The van der Waals surface area contributed by atoms with Crippen LogP contribution in [0, 0.1) is 0 Å². The van der Waals surface area contributed by atoms with Crippen LogP contribution in [0.5, 0.6) is 0 Å². The first kappa shape index (κ1) is 70.2. The molecular weight excluding hydrogens is 1150 g/mol. The van der Waals surface area contributed by atoms with Gasteiger partial charge in [0, 0.05) is 114 Å². The summed E-state index contributed by atoms with van der Waals surface area (Å²) in [7, 11) is 0. The number of rotatable bonds is 37. The van der Waals surface area contributed by atoms with Crippen molar-refractivity contribution >= 4 is 81.2 Å². The van der Waals surface area contributed by atoms with Gasteiger partial charge in [-0.2, -0.15) is 0 Å². The minimum atomic E-state index is -1.31. The van der Waals surface area contributed by atoms with Crippen LogP contribution in [0.4, 0.5) is 4.79 Å². The zero-order valence-corrected chi connectivity index (χ0v) is 48.9. The maximum absolute atomic E-state index is 13.9. The SMILES string of the molecule is CC(=O)[C@@H](CCC(=O)O)NC(=O)N[C@H](CCCCN(Cc1ccc(Br)cc1)C(=O)c1ccc(CNC(=O)CCCCNC(=O)CCCCCCNC(=O)CN2CCN(CC(=O)O)CCN(CC(=O)O)CCN(CC(=O)O)CC2)cc1)C(=O)O. The van der Waals surface area contributed by atoms with Gasteiger partial charge in [-0.05, 0) is 93.7 Å². The number of benzene rings is 2. The molecule has 10 N–H and O–H groups in total. The van der Waals surface area contributed by atoms with E-state index in [4.69, 9.17) is 5.11 Å². The highest BCUT2D eigenvalue weighted by Gasteiger charge is 2.25. The summed E-state index contributed by atoms with van der Waals surface area (Å²) < 4.78 is 0.863. The number of nitrogens with zero attached hydrogens (tertiary/aromatic N) is 5. The summed E-state index contributed by atoms with van der Waals surface area (Å²) in [6, 6.07) is 11.0. The third-order valence-electron chi connectivity index (χ3n) is 13.7. The number of carboxylic acid groups (broad SMARTS) is 5. The molecule has 27 heteroatoms. The van der Waals surface area contributed by atoms with Crippen molar-refractivity contribution in [1.82, 2.24) is 51.1 Å². The van der Waals surface area contributed by atoms with Crippen LogP contribution in [0.25, 0.3) is 0 Å². The van der Waals surface area contributed by atoms with E-state index in [-0.39, 0.29) is 121 Å². The van der Waals surface area contributed by atoms with E-state index in [9.17, 15) is 73.2 Å². The normalized spacial score (nSPS) is 14.6. The lowest BCUT2D eigenvalue weighted by Gasteiger charge is -2.32. The van der Waals surface area contributed by atoms with Crippen LogP contribution in [0.15, 0.2) is 53.0 Å². The zero-order valence-electron chi connectivity index (χ0n) is 47.3. The van der Waals surface area contributed by atoms with Gasteiger partial charge in [-0.1, -0.05) is 53.0 Å². The average molecular weight is 1230 g/mol. The Hall–Kier alpha value is -7.07. The molecule has 0 aromatic heterocycles. The van der Waals surface area contributed by atoms with Gasteiger partial charge in [0.2, 0.25) is 17.7 Å². The minimum Gasteiger partial charge on any atom is -0.481 e. The van der Waals surface area contributed by atoms with E-state index in [1.54, 1.807) is 43.9 Å². The molecule has 1 saturated heterocycles. The molecule has 26 nitrogen and oxygen atoms in total. The number of hydrogen-bond donors (Lipinski definition) is 10. The van der Waals surface area contributed by atoms with Crippen molar-refractivity contribution < 1.29 is 78.3 Å². The lowest BCUT2D eigenvalue weighted by atomic mass is 10.1. The fraction of sp³-hybridized carbons (Fsp3) is 0.589. The van der Waals surface area contributed by atoms with E-state index in [0.717, 1.165) is 28.4 Å². The van der Waals surface area contributed by atoms with Crippen molar-refractivity contribution in [3.63, 3.8) is 0 Å². The summed E-state index contributed by atoms with van der Waals surface area (Å²) in [5, 5.41) is 60.4. The molecule has 0 aliphatic carbocycles. The lowest BCUT2D eigenvalue weighted by Crippen LogP contribution is -2.50. The number of amides is 6. The van der Waals surface area contributed by atoms with Gasteiger partial charge in [-0.25, -0.2) is 9.59 Å². The quantitative estimate of drug-likeness (QED) is 0.0434. The van der Waals surface area contributed by atoms with Crippen LogP contribution in [-0.2, 0) is 56.2 Å². The molecule has 460 valence electrons. The van der Waals surface area contributed by atoms with Gasteiger partial charge in [0.05, 0.1) is 32.2 Å². The van der Waals surface area contributed by atoms with E-state index < -0.39 is 53.7 Å². The second-order valence-electron chi connectivity index (χ2n) is 20.5. The molecule has 0 bridgehead atoms. The van der Waals surface area contributed by atoms with E-state index in [0.29, 0.717) is 89.8 Å². The Bertz CT molecular complexity index is 2400. The van der Waals surface area contributed by atoms with Gasteiger partial charge in [-0.3, -0.25) is 62.8 Å². The summed E-state index contributed by atoms with van der Waals surface area (Å²) in [5.74, 6) is -6.76. The fourth-order valence-corrected chi connectivity index (χ4v) is 9.24. The molecule has 0 radical (unpaired) electrons. The number of unbranched alkanes of at least 4 members (excludes halogenated alkanes) is 5. The molecule has 2 atom stereocenters. The Kier molecular flexibility index (Phi) is 33.3. The number of urea groups is 1. The molecule has 1 fully saturated rings. The van der Waals surface area contributed by atoms with Crippen molar-refractivity contribution in [3.8, 4) is 0 Å². The predicted octanol–water partition coefficient (Wildman–Crippen LogP) is 2.28. The molecular formula is C56H83BrN10O16. The first-order valence-corrected chi connectivity index (χ1v) is 28.9. The van der Waals surface area contributed by atoms with Gasteiger partial charge in [0.1, 0.15) is 6.04 Å². The number of nitrogens with one attached hydrogen (secondary N) is 5. The summed E-state index contributed by atoms with van der Waals surface area (Å²) in [6.07, 6.45) is 4.89. The second kappa shape index (κ2) is 39.4. The highest BCUT2D eigenvalue weighted by atomic mass is 79.9. The molecule has 1 aliphatic heterocycles. The minimum absolute atomic E-state index is 0.0211. The number of halogens is 1. The molecule has 0 unspecified atom stereocenters. The van der Waals surface area contributed by atoms with Crippen LogP contribution in [-0.4, -0.2) is 226 Å². The molecule has 0 saturated carbocycles.